The second kappa shape index (κ2) is 5.83. The van der Waals surface area contributed by atoms with Crippen LogP contribution >= 0.6 is 0 Å². The third-order valence-electron chi connectivity index (χ3n) is 2.97. The highest BCUT2D eigenvalue weighted by atomic mass is 16.2. The maximum Gasteiger partial charge on any atom is 0.273 e. The van der Waals surface area contributed by atoms with Crippen molar-refractivity contribution in [3.8, 4) is 5.82 Å². The number of hydrogen-bond donors (Lipinski definition) is 1. The third-order valence-corrected chi connectivity index (χ3v) is 2.97. The fourth-order valence-corrected chi connectivity index (χ4v) is 1.95. The van der Waals surface area contributed by atoms with Crippen LogP contribution < -0.4 is 5.73 Å². The number of carbonyl (C=O) groups is 1. The van der Waals surface area contributed by atoms with Crippen molar-refractivity contribution in [3.05, 3.63) is 41.3 Å². The Morgan fingerprint density at radius 3 is 2.80 bits per heavy atom. The van der Waals surface area contributed by atoms with Gasteiger partial charge in [0.05, 0.1) is 0 Å². The van der Waals surface area contributed by atoms with Crippen molar-refractivity contribution in [2.24, 2.45) is 5.73 Å². The van der Waals surface area contributed by atoms with E-state index in [1.165, 1.54) is 4.90 Å². The van der Waals surface area contributed by atoms with Crippen LogP contribution in [0.1, 0.15) is 21.6 Å². The molecule has 0 saturated carbocycles. The molecule has 2 aromatic heterocycles. The molecule has 0 aliphatic carbocycles. The molecule has 0 aromatic carbocycles. The van der Waals surface area contributed by atoms with Gasteiger partial charge in [0.15, 0.2) is 11.5 Å². The molecule has 2 rings (SSSR count). The third kappa shape index (κ3) is 2.85. The molecule has 0 bridgehead atoms. The first kappa shape index (κ1) is 14.2. The number of pyridine rings is 1. The van der Waals surface area contributed by atoms with Gasteiger partial charge in [-0.1, -0.05) is 6.07 Å². The predicted molar refractivity (Wildman–Crippen MR) is 76.9 cm³/mol. The van der Waals surface area contributed by atoms with Crippen molar-refractivity contribution in [3.63, 3.8) is 0 Å². The highest BCUT2D eigenvalue weighted by molar-refractivity contribution is 5.91. The van der Waals surface area contributed by atoms with Gasteiger partial charge in [0.1, 0.15) is 0 Å². The topological polar surface area (TPSA) is 77.0 Å². The Hall–Kier alpha value is -2.21. The number of aromatic nitrogens is 3. The molecule has 20 heavy (non-hydrogen) atoms. The van der Waals surface area contributed by atoms with Crippen molar-refractivity contribution < 1.29 is 4.79 Å². The number of hydrogen-bond acceptors (Lipinski definition) is 4. The Morgan fingerprint density at radius 2 is 2.20 bits per heavy atom. The first-order valence-corrected chi connectivity index (χ1v) is 6.46. The predicted octanol–water partition coefficient (Wildman–Crippen LogP) is 0.779. The van der Waals surface area contributed by atoms with E-state index in [9.17, 15) is 4.79 Å². The quantitative estimate of drug-likeness (QED) is 0.893. The second-order valence-corrected chi connectivity index (χ2v) is 4.87. The summed E-state index contributed by atoms with van der Waals surface area (Å²) in [6.45, 7) is 2.57. The van der Waals surface area contributed by atoms with Crippen LogP contribution in [0.5, 0.6) is 0 Å². The number of amides is 1. The largest absolute Gasteiger partial charge is 0.343 e. The van der Waals surface area contributed by atoms with Gasteiger partial charge in [0.2, 0.25) is 0 Å². The average Bonchev–Trinajstić information content (AvgIpc) is 2.87. The summed E-state index contributed by atoms with van der Waals surface area (Å²) in [5, 5.41) is 4.28. The zero-order chi connectivity index (χ0) is 14.7. The van der Waals surface area contributed by atoms with Crippen LogP contribution in [-0.2, 0) is 6.42 Å². The van der Waals surface area contributed by atoms with Gasteiger partial charge in [-0.05, 0) is 37.1 Å². The Balaban J connectivity index is 2.30. The molecule has 0 fully saturated rings. The summed E-state index contributed by atoms with van der Waals surface area (Å²) in [5.41, 5.74) is 8.05. The lowest BCUT2D eigenvalue weighted by Gasteiger charge is -2.08. The van der Waals surface area contributed by atoms with E-state index in [1.54, 1.807) is 37.2 Å². The summed E-state index contributed by atoms with van der Waals surface area (Å²) < 4.78 is 1.62. The van der Waals surface area contributed by atoms with E-state index in [0.29, 0.717) is 12.2 Å². The monoisotopic (exact) mass is 273 g/mol. The van der Waals surface area contributed by atoms with E-state index in [4.69, 9.17) is 5.73 Å². The summed E-state index contributed by atoms with van der Waals surface area (Å²) in [7, 11) is 3.40. The lowest BCUT2D eigenvalue weighted by molar-refractivity contribution is 0.0821. The fourth-order valence-electron chi connectivity index (χ4n) is 1.95. The lowest BCUT2D eigenvalue weighted by atomic mass is 10.1. The molecule has 2 heterocycles. The molecule has 6 nitrogen and oxygen atoms in total. The summed E-state index contributed by atoms with van der Waals surface area (Å²) in [4.78, 5) is 17.7. The van der Waals surface area contributed by atoms with Crippen molar-refractivity contribution in [2.45, 2.75) is 13.3 Å². The molecule has 0 unspecified atom stereocenters. The van der Waals surface area contributed by atoms with E-state index in [2.05, 4.69) is 10.1 Å². The van der Waals surface area contributed by atoms with Crippen LogP contribution in [0.25, 0.3) is 5.82 Å². The number of rotatable bonds is 4. The van der Waals surface area contributed by atoms with Gasteiger partial charge in [0, 0.05) is 26.5 Å². The normalized spacial score (nSPS) is 10.6. The highest BCUT2D eigenvalue weighted by Crippen LogP contribution is 2.13. The van der Waals surface area contributed by atoms with Crippen molar-refractivity contribution in [2.75, 3.05) is 20.6 Å². The van der Waals surface area contributed by atoms with Crippen LogP contribution in [0.3, 0.4) is 0 Å². The van der Waals surface area contributed by atoms with E-state index in [0.717, 1.165) is 23.4 Å². The van der Waals surface area contributed by atoms with E-state index < -0.39 is 0 Å². The minimum Gasteiger partial charge on any atom is -0.343 e. The van der Waals surface area contributed by atoms with Gasteiger partial charge in [-0.2, -0.15) is 5.10 Å². The first-order valence-electron chi connectivity index (χ1n) is 6.46. The molecule has 6 heteroatoms. The molecular formula is C14H19N5O. The van der Waals surface area contributed by atoms with E-state index in [-0.39, 0.29) is 5.91 Å². The highest BCUT2D eigenvalue weighted by Gasteiger charge is 2.13. The van der Waals surface area contributed by atoms with Gasteiger partial charge in [-0.3, -0.25) is 4.79 Å². The fraction of sp³-hybridized carbons (Fsp3) is 0.357. The molecule has 106 valence electrons. The molecule has 0 atom stereocenters. The van der Waals surface area contributed by atoms with E-state index >= 15 is 0 Å². The number of nitrogens with zero attached hydrogens (tertiary/aromatic N) is 4. The van der Waals surface area contributed by atoms with Crippen LogP contribution in [0.15, 0.2) is 24.5 Å². The van der Waals surface area contributed by atoms with Crippen LogP contribution in [-0.4, -0.2) is 46.2 Å². The molecule has 1 amide bonds. The maximum absolute atomic E-state index is 11.8. The van der Waals surface area contributed by atoms with Gasteiger partial charge in [0.25, 0.3) is 5.91 Å². The molecule has 2 N–H and O–H groups in total. The second-order valence-electron chi connectivity index (χ2n) is 4.87. The number of aryl methyl sites for hydroxylation is 1. The van der Waals surface area contributed by atoms with E-state index in [1.807, 2.05) is 13.0 Å². The van der Waals surface area contributed by atoms with Gasteiger partial charge >= 0.3 is 0 Å². The molecule has 0 aliphatic heterocycles. The van der Waals surface area contributed by atoms with Gasteiger partial charge in [-0.15, -0.1) is 0 Å². The number of carbonyl (C=O) groups excluding carboxylic acids is 1. The van der Waals surface area contributed by atoms with Crippen LogP contribution in [0.2, 0.25) is 0 Å². The number of nitrogens with two attached hydrogens (primary N) is 1. The summed E-state index contributed by atoms with van der Waals surface area (Å²) in [6, 6.07) is 3.74. The molecular weight excluding hydrogens is 254 g/mol. The van der Waals surface area contributed by atoms with Gasteiger partial charge in [-0.25, -0.2) is 9.67 Å². The summed E-state index contributed by atoms with van der Waals surface area (Å²) in [5.74, 6) is 0.602. The van der Waals surface area contributed by atoms with Crippen LogP contribution in [0, 0.1) is 6.92 Å². The minimum atomic E-state index is -0.124. The Labute approximate surface area is 118 Å². The molecule has 2 aromatic rings. The first-order chi connectivity index (χ1) is 9.52. The van der Waals surface area contributed by atoms with Crippen molar-refractivity contribution >= 4 is 5.91 Å². The standard InChI is InChI=1S/C14H19N5O/c1-10-8-11(4-6-15)9-16-13(10)19-7-5-12(17-19)14(20)18(2)3/h5,7-9H,4,6,15H2,1-3H3. The smallest absolute Gasteiger partial charge is 0.273 e. The summed E-state index contributed by atoms with van der Waals surface area (Å²) in [6.07, 6.45) is 4.34. The zero-order valence-corrected chi connectivity index (χ0v) is 12.0. The average molecular weight is 273 g/mol. The lowest BCUT2D eigenvalue weighted by Crippen LogP contribution is -2.22. The summed E-state index contributed by atoms with van der Waals surface area (Å²) >= 11 is 0. The SMILES string of the molecule is Cc1cc(CCN)cnc1-n1ccc(C(=O)N(C)C)n1. The maximum atomic E-state index is 11.8. The molecule has 0 spiro atoms. The van der Waals surface area contributed by atoms with Crippen molar-refractivity contribution in [1.82, 2.24) is 19.7 Å². The molecule has 0 radical (unpaired) electrons. The Bertz CT molecular complexity index is 618. The van der Waals surface area contributed by atoms with Gasteiger partial charge < -0.3 is 10.6 Å². The van der Waals surface area contributed by atoms with Crippen LogP contribution in [0.4, 0.5) is 0 Å². The molecule has 0 aliphatic rings. The minimum absolute atomic E-state index is 0.124. The molecule has 0 saturated heterocycles. The Kier molecular flexibility index (Phi) is 4.14. The van der Waals surface area contributed by atoms with Crippen molar-refractivity contribution in [1.29, 1.82) is 0 Å². The zero-order valence-electron chi connectivity index (χ0n) is 12.0. The Morgan fingerprint density at radius 1 is 1.45 bits per heavy atom.